The molecule has 0 bridgehead atoms. The van der Waals surface area contributed by atoms with Gasteiger partial charge in [-0.3, -0.25) is 9.69 Å². The molecule has 1 aliphatic rings. The fourth-order valence-electron chi connectivity index (χ4n) is 2.83. The Balaban J connectivity index is 1.69. The quantitative estimate of drug-likeness (QED) is 0.810. The summed E-state index contributed by atoms with van der Waals surface area (Å²) in [6.45, 7) is 7.72. The molecule has 126 valence electrons. The molecule has 0 spiro atoms. The van der Waals surface area contributed by atoms with Crippen LogP contribution in [-0.2, 0) is 0 Å². The van der Waals surface area contributed by atoms with Crippen LogP contribution in [-0.4, -0.2) is 53.6 Å². The van der Waals surface area contributed by atoms with Crippen LogP contribution in [0.2, 0.25) is 0 Å². The third-order valence-corrected chi connectivity index (χ3v) is 4.12. The molecule has 0 unspecified atom stereocenters. The molecule has 6 heteroatoms. The number of rotatable bonds is 4. The molecule has 2 heterocycles. The number of aromatic nitrogens is 1. The Morgan fingerprint density at radius 3 is 2.79 bits per heavy atom. The number of carbonyl (C=O) groups is 1. The summed E-state index contributed by atoms with van der Waals surface area (Å²) in [5.41, 5.74) is 0.975. The van der Waals surface area contributed by atoms with Crippen LogP contribution in [0.15, 0.2) is 47.5 Å². The molecule has 0 atom stereocenters. The lowest BCUT2D eigenvalue weighted by Crippen LogP contribution is -2.35. The van der Waals surface area contributed by atoms with E-state index >= 15 is 0 Å². The normalized spacial score (nSPS) is 16.0. The molecule has 1 fully saturated rings. The zero-order valence-electron chi connectivity index (χ0n) is 13.4. The minimum Gasteiger partial charge on any atom is -0.355 e. The van der Waals surface area contributed by atoms with Crippen molar-refractivity contribution < 1.29 is 13.7 Å². The average molecular weight is 329 g/mol. The first-order chi connectivity index (χ1) is 11.7. The highest BCUT2D eigenvalue weighted by Gasteiger charge is 2.23. The molecule has 0 radical (unpaired) electrons. The topological polar surface area (TPSA) is 49.6 Å². The highest BCUT2D eigenvalue weighted by Crippen LogP contribution is 2.21. The molecular formula is C18H20FN3O2. The first-order valence-corrected chi connectivity index (χ1v) is 8.02. The highest BCUT2D eigenvalue weighted by atomic mass is 19.1. The van der Waals surface area contributed by atoms with Crippen LogP contribution in [0.1, 0.15) is 16.9 Å². The number of amides is 1. The van der Waals surface area contributed by atoms with Gasteiger partial charge in [0.25, 0.3) is 5.91 Å². The Morgan fingerprint density at radius 1 is 1.25 bits per heavy atom. The van der Waals surface area contributed by atoms with Crippen LogP contribution in [0.4, 0.5) is 4.39 Å². The third-order valence-electron chi connectivity index (χ3n) is 4.12. The van der Waals surface area contributed by atoms with E-state index in [1.807, 2.05) is 6.08 Å². The molecule has 0 aliphatic carbocycles. The van der Waals surface area contributed by atoms with Gasteiger partial charge in [0.2, 0.25) is 0 Å². The van der Waals surface area contributed by atoms with E-state index in [9.17, 15) is 9.18 Å². The van der Waals surface area contributed by atoms with Gasteiger partial charge in [0.15, 0.2) is 11.5 Å². The lowest BCUT2D eigenvalue weighted by Gasteiger charge is -2.20. The van der Waals surface area contributed by atoms with Crippen molar-refractivity contribution in [3.8, 4) is 11.3 Å². The smallest absolute Gasteiger partial charge is 0.276 e. The van der Waals surface area contributed by atoms with Gasteiger partial charge < -0.3 is 9.42 Å². The second-order valence-electron chi connectivity index (χ2n) is 5.82. The Labute approximate surface area is 140 Å². The molecule has 1 saturated heterocycles. The Kier molecular flexibility index (Phi) is 5.05. The van der Waals surface area contributed by atoms with E-state index in [4.69, 9.17) is 4.52 Å². The first kappa shape index (κ1) is 16.4. The molecule has 0 saturated carbocycles. The van der Waals surface area contributed by atoms with Crippen molar-refractivity contribution in [2.24, 2.45) is 0 Å². The molecule has 24 heavy (non-hydrogen) atoms. The summed E-state index contributed by atoms with van der Waals surface area (Å²) in [7, 11) is 0. The Morgan fingerprint density at radius 2 is 2.04 bits per heavy atom. The van der Waals surface area contributed by atoms with Gasteiger partial charge in [-0.15, -0.1) is 6.58 Å². The SMILES string of the molecule is C=CCN1CCCN(C(=O)c2cc(-c3ccc(F)cc3)on2)CC1. The number of halogens is 1. The lowest BCUT2D eigenvalue weighted by atomic mass is 10.1. The molecule has 5 nitrogen and oxygen atoms in total. The van der Waals surface area contributed by atoms with Gasteiger partial charge in [-0.1, -0.05) is 11.2 Å². The predicted molar refractivity (Wildman–Crippen MR) is 89.1 cm³/mol. The average Bonchev–Trinajstić information content (AvgIpc) is 2.96. The van der Waals surface area contributed by atoms with E-state index < -0.39 is 0 Å². The predicted octanol–water partition coefficient (Wildman–Crippen LogP) is 2.81. The molecule has 1 aliphatic heterocycles. The number of hydrogen-bond donors (Lipinski definition) is 0. The van der Waals surface area contributed by atoms with Gasteiger partial charge in [0.1, 0.15) is 5.82 Å². The van der Waals surface area contributed by atoms with Gasteiger partial charge in [0, 0.05) is 44.4 Å². The minimum atomic E-state index is -0.316. The second kappa shape index (κ2) is 7.40. The standard InChI is InChI=1S/C18H20FN3O2/c1-2-8-21-9-3-10-22(12-11-21)18(23)16-13-17(24-20-16)14-4-6-15(19)7-5-14/h2,4-7,13H,1,3,8-12H2. The van der Waals surface area contributed by atoms with Crippen molar-refractivity contribution in [1.82, 2.24) is 15.0 Å². The second-order valence-corrected chi connectivity index (χ2v) is 5.82. The van der Waals surface area contributed by atoms with Crippen molar-refractivity contribution >= 4 is 5.91 Å². The van der Waals surface area contributed by atoms with Crippen molar-refractivity contribution in [2.45, 2.75) is 6.42 Å². The Bertz CT molecular complexity index is 711. The third kappa shape index (κ3) is 3.71. The van der Waals surface area contributed by atoms with Crippen LogP contribution >= 0.6 is 0 Å². The van der Waals surface area contributed by atoms with Crippen LogP contribution in [0.3, 0.4) is 0 Å². The molecule has 1 aromatic carbocycles. The fraction of sp³-hybridized carbons (Fsp3) is 0.333. The van der Waals surface area contributed by atoms with Crippen molar-refractivity contribution in [3.63, 3.8) is 0 Å². The number of carbonyl (C=O) groups excluding carboxylic acids is 1. The summed E-state index contributed by atoms with van der Waals surface area (Å²) in [6.07, 6.45) is 2.80. The number of benzene rings is 1. The van der Waals surface area contributed by atoms with E-state index in [-0.39, 0.29) is 17.4 Å². The zero-order valence-corrected chi connectivity index (χ0v) is 13.4. The Hall–Kier alpha value is -2.47. The molecule has 0 N–H and O–H groups in total. The molecule has 1 aromatic heterocycles. The first-order valence-electron chi connectivity index (χ1n) is 8.02. The van der Waals surface area contributed by atoms with Gasteiger partial charge >= 0.3 is 0 Å². The number of hydrogen-bond acceptors (Lipinski definition) is 4. The highest BCUT2D eigenvalue weighted by molar-refractivity contribution is 5.93. The van der Waals surface area contributed by atoms with E-state index in [2.05, 4.69) is 16.6 Å². The summed E-state index contributed by atoms with van der Waals surface area (Å²) >= 11 is 0. The summed E-state index contributed by atoms with van der Waals surface area (Å²) < 4.78 is 18.2. The van der Waals surface area contributed by atoms with Crippen molar-refractivity contribution in [3.05, 3.63) is 54.5 Å². The fourth-order valence-corrected chi connectivity index (χ4v) is 2.83. The van der Waals surface area contributed by atoms with Gasteiger partial charge in [-0.2, -0.15) is 0 Å². The maximum atomic E-state index is 13.0. The monoisotopic (exact) mass is 329 g/mol. The van der Waals surface area contributed by atoms with Crippen LogP contribution < -0.4 is 0 Å². The van der Waals surface area contributed by atoms with Gasteiger partial charge in [0.05, 0.1) is 0 Å². The largest absolute Gasteiger partial charge is 0.355 e. The molecule has 1 amide bonds. The van der Waals surface area contributed by atoms with Crippen molar-refractivity contribution in [2.75, 3.05) is 32.7 Å². The van der Waals surface area contributed by atoms with Gasteiger partial charge in [-0.05, 0) is 30.7 Å². The summed E-state index contributed by atoms with van der Waals surface area (Å²) in [5, 5.41) is 3.89. The molecule has 2 aromatic rings. The van der Waals surface area contributed by atoms with E-state index in [0.717, 1.165) is 26.1 Å². The maximum Gasteiger partial charge on any atom is 0.276 e. The number of nitrogens with zero attached hydrogens (tertiary/aromatic N) is 3. The van der Waals surface area contributed by atoms with Crippen molar-refractivity contribution in [1.29, 1.82) is 0 Å². The van der Waals surface area contributed by atoms with Gasteiger partial charge in [-0.25, -0.2) is 4.39 Å². The zero-order chi connectivity index (χ0) is 16.9. The summed E-state index contributed by atoms with van der Waals surface area (Å²) in [5.74, 6) is 0.0113. The van der Waals surface area contributed by atoms with E-state index in [1.165, 1.54) is 12.1 Å². The van der Waals surface area contributed by atoms with Crippen LogP contribution in [0, 0.1) is 5.82 Å². The lowest BCUT2D eigenvalue weighted by molar-refractivity contribution is 0.0752. The maximum absolute atomic E-state index is 13.0. The molecular weight excluding hydrogens is 309 g/mol. The summed E-state index contributed by atoms with van der Waals surface area (Å²) in [6, 6.07) is 7.51. The summed E-state index contributed by atoms with van der Waals surface area (Å²) in [4.78, 5) is 16.7. The minimum absolute atomic E-state index is 0.132. The van der Waals surface area contributed by atoms with E-state index in [1.54, 1.807) is 23.1 Å². The van der Waals surface area contributed by atoms with E-state index in [0.29, 0.717) is 24.4 Å². The van der Waals surface area contributed by atoms with Crippen LogP contribution in [0.25, 0.3) is 11.3 Å². The molecule has 3 rings (SSSR count). The van der Waals surface area contributed by atoms with Crippen LogP contribution in [0.5, 0.6) is 0 Å².